The van der Waals surface area contributed by atoms with Gasteiger partial charge in [0, 0.05) is 23.7 Å². The van der Waals surface area contributed by atoms with Crippen molar-refractivity contribution in [3.05, 3.63) is 225 Å². The zero-order valence-corrected chi connectivity index (χ0v) is 81.7. The van der Waals surface area contributed by atoms with Crippen LogP contribution in [0.3, 0.4) is 0 Å². The summed E-state index contributed by atoms with van der Waals surface area (Å²) in [6, 6.07) is 0. The number of hydrogen-bond donors (Lipinski definition) is 0. The van der Waals surface area contributed by atoms with E-state index >= 15 is 0 Å². The van der Waals surface area contributed by atoms with Crippen molar-refractivity contribution in [3.63, 3.8) is 0 Å². The second kappa shape index (κ2) is 40.4. The van der Waals surface area contributed by atoms with E-state index in [1.165, 1.54) is 0 Å². The van der Waals surface area contributed by atoms with Gasteiger partial charge >= 0.3 is 88.1 Å². The van der Waals surface area contributed by atoms with Crippen LogP contribution in [0.25, 0.3) is 0 Å². The van der Waals surface area contributed by atoms with E-state index in [0.29, 0.717) is 0 Å². The molecule has 12 heterocycles. The van der Waals surface area contributed by atoms with E-state index in [4.69, 9.17) is 0 Å². The molecule has 12 aromatic rings. The van der Waals surface area contributed by atoms with Gasteiger partial charge in [0.25, 0.3) is 0 Å². The van der Waals surface area contributed by atoms with Crippen LogP contribution in [-0.2, 0) is 117 Å². The van der Waals surface area contributed by atoms with Gasteiger partial charge in [-0.25, -0.2) is 0 Å². The van der Waals surface area contributed by atoms with Crippen LogP contribution in [0.15, 0.2) is 149 Å². The first kappa shape index (κ1) is 103. The van der Waals surface area contributed by atoms with Gasteiger partial charge in [-0.15, -0.1) is 24.8 Å². The van der Waals surface area contributed by atoms with Crippen LogP contribution in [0.4, 0.5) is 0 Å². The van der Waals surface area contributed by atoms with Crippen molar-refractivity contribution in [1.82, 2.24) is 64.8 Å². The Kier molecular flexibility index (Phi) is 35.7. The molecule has 0 aromatic carbocycles. The van der Waals surface area contributed by atoms with Crippen LogP contribution in [0.5, 0.6) is 0 Å². The third-order valence-corrected chi connectivity index (χ3v) is 18.8. The molecule has 0 bridgehead atoms. The summed E-state index contributed by atoms with van der Waals surface area (Å²) in [4.78, 5) is 7.65. The van der Waals surface area contributed by atoms with Gasteiger partial charge in [-0.3, -0.25) is 0 Å². The van der Waals surface area contributed by atoms with Crippen molar-refractivity contribution in [2.75, 3.05) is 0 Å². The molecule has 116 heavy (non-hydrogen) atoms. The maximum absolute atomic E-state index is 3.83. The molecule has 12 rings (SSSR count). The first-order valence-electron chi connectivity index (χ1n) is 40.7. The van der Waals surface area contributed by atoms with Crippen LogP contribution in [0, 0.1) is 75.9 Å². The zero-order valence-electron chi connectivity index (χ0n) is 78.6. The Bertz CT molecular complexity index is 3880. The topological polar surface area (TPSA) is 124 Å². The Labute approximate surface area is 732 Å². The molecular formula is C84H142B5Co3N24. The molecule has 0 amide bonds. The molecular weight excluding hydrogens is 1580 g/mol. The molecule has 0 atom stereocenters. The average molecular weight is 1720 g/mol. The predicted octanol–water partition coefficient (Wildman–Crippen LogP) is 4.72. The van der Waals surface area contributed by atoms with E-state index in [1.807, 2.05) is 21.5 Å². The van der Waals surface area contributed by atoms with E-state index in [9.17, 15) is 0 Å². The Morgan fingerprint density at radius 1 is 0.181 bits per heavy atom. The molecule has 0 saturated carbocycles. The number of rotatable bonds is 10. The molecule has 0 spiro atoms. The van der Waals surface area contributed by atoms with E-state index in [2.05, 4.69) is 550 Å². The Hall–Kier alpha value is -7.64. The van der Waals surface area contributed by atoms with E-state index in [1.54, 1.807) is 12.4 Å². The van der Waals surface area contributed by atoms with Crippen molar-refractivity contribution < 1.29 is 95.1 Å². The van der Waals surface area contributed by atoms with Gasteiger partial charge < -0.3 is 110 Å². The summed E-state index contributed by atoms with van der Waals surface area (Å²) >= 11 is 0. The molecule has 640 valence electrons. The van der Waals surface area contributed by atoms with Gasteiger partial charge in [0.2, 0.25) is 0 Å². The molecule has 0 aliphatic heterocycles. The van der Waals surface area contributed by atoms with Crippen molar-refractivity contribution >= 4 is 37.7 Å². The number of nitrogens with zero attached hydrogens (tertiary/aromatic N) is 24. The maximum Gasteiger partial charge on any atom is 3.00 e. The summed E-state index contributed by atoms with van der Waals surface area (Å²) in [5.41, 5.74) is 1.11. The number of aromatic nitrogens is 24. The van der Waals surface area contributed by atoms with Crippen molar-refractivity contribution in [2.24, 2.45) is 0 Å². The van der Waals surface area contributed by atoms with Gasteiger partial charge in [0.1, 0.15) is 0 Å². The molecule has 2 radical (unpaired) electrons. The molecule has 0 aliphatic rings. The van der Waals surface area contributed by atoms with E-state index in [-0.39, 0.29) is 117 Å². The van der Waals surface area contributed by atoms with Gasteiger partial charge in [0.05, 0.1) is 55.4 Å². The summed E-state index contributed by atoms with van der Waals surface area (Å²) < 4.78 is 46.7. The molecule has 0 unspecified atom stereocenters. The van der Waals surface area contributed by atoms with Gasteiger partial charge in [-0.2, -0.15) is 0 Å². The molecule has 12 aromatic heterocycles. The minimum absolute atomic E-state index is 0. The Morgan fingerprint density at radius 2 is 0.284 bits per heavy atom. The Balaban J connectivity index is 0.000000354. The molecule has 32 heteroatoms. The van der Waals surface area contributed by atoms with Gasteiger partial charge in [-0.05, 0) is 311 Å². The first-order valence-corrected chi connectivity index (χ1v) is 40.7. The second-order valence-corrected chi connectivity index (χ2v) is 42.6. The molecule has 0 saturated heterocycles. The minimum atomic E-state index is -0.492. The van der Waals surface area contributed by atoms with Crippen LogP contribution in [-0.4, -0.2) is 103 Å². The maximum atomic E-state index is 3.83. The minimum Gasteiger partial charge on any atom is -0.520 e. The first-order chi connectivity index (χ1) is 51.5. The SMILES string of the molecule is CC(C)(C)n1[c-][n+]([BH2-][n+]2[c-]n(C(C)(C)C)cc2)cc1.CC(C)(C)n1[c-][n+]([BH2-][n+]2[c-]n(C(C)(C)C)cc2)cc1.CC(C)(C)n1[c-][n+]([BH2-][n+]2[c-]n(C(C)(C)C)cc2)cc1.CC(C)(C)n1[c-][n+]([BH2-][n+]2[c-]n(C(C)(C)C)cc2)cc1.CC(C)(C)n1[c-][n+]([BH2-][n+]2[c-]n(C(C)(C)C)cc2)cc1.CC(C)(C)n1[c-]ncc1.CC(C)(C)n1[c-]ncc1.[Co+2].[Co+2].[Co+3]. The zero-order chi connectivity index (χ0) is 85.1. The predicted molar refractivity (Wildman–Crippen MR) is 453 cm³/mol. The fourth-order valence-electron chi connectivity index (χ4n) is 11.2. The normalized spacial score (nSPS) is 12.4. The fraction of sp³-hybridized carbons (Fsp3) is 0.571. The van der Waals surface area contributed by atoms with Gasteiger partial charge in [-0.1, -0.05) is 62.0 Å². The molecule has 0 N–H and O–H groups in total. The third kappa shape index (κ3) is 33.3. The average Bonchev–Trinajstić information content (AvgIpc) is 1.70. The summed E-state index contributed by atoms with van der Waals surface area (Å²) in [6.07, 6.45) is 88.7. The van der Waals surface area contributed by atoms with E-state index < -0.39 is 37.7 Å². The van der Waals surface area contributed by atoms with Crippen LogP contribution in [0.2, 0.25) is 0 Å². The monoisotopic (exact) mass is 1720 g/mol. The van der Waals surface area contributed by atoms with Crippen molar-refractivity contribution in [2.45, 2.75) is 316 Å². The second-order valence-electron chi connectivity index (χ2n) is 42.6. The molecule has 0 fully saturated rings. The number of imidazole rings is 12. The molecule has 24 nitrogen and oxygen atoms in total. The summed E-state index contributed by atoms with van der Waals surface area (Å²) in [7, 11) is -2.46. The smallest absolute Gasteiger partial charge is 0.520 e. The van der Waals surface area contributed by atoms with Crippen LogP contribution >= 0.6 is 0 Å². The number of hydrogen-bond acceptors (Lipinski definition) is 2. The Morgan fingerprint density at radius 3 is 0.345 bits per heavy atom. The van der Waals surface area contributed by atoms with Crippen molar-refractivity contribution in [1.29, 1.82) is 0 Å². The largest absolute Gasteiger partial charge is 3.00 e. The molecule has 0 aliphatic carbocycles. The standard InChI is InChI=1S/5C14H24BN4.2C7H11N2.3Co/c5*1-13(2,3)16-7-9-18(11-16)15-19-10-8-17(12-19)14(4,5)6;2*1-7(2,3)9-5-4-8-6-9;;;/h5*7-10H,15H2,1-6H3;2*4-5H,1-3H3;;;/q7*-1;2*+2;+3. The van der Waals surface area contributed by atoms with Crippen LogP contribution < -0.4 is 44.8 Å². The van der Waals surface area contributed by atoms with E-state index in [0.717, 1.165) is 0 Å². The summed E-state index contributed by atoms with van der Waals surface area (Å²) in [6.45, 7) is 78.2. The third-order valence-electron chi connectivity index (χ3n) is 18.8. The van der Waals surface area contributed by atoms with Gasteiger partial charge in [0.15, 0.2) is 63.3 Å². The van der Waals surface area contributed by atoms with Crippen LogP contribution in [0.1, 0.15) is 249 Å². The van der Waals surface area contributed by atoms with Crippen molar-refractivity contribution in [3.8, 4) is 0 Å². The quantitative estimate of drug-likeness (QED) is 0.146. The fourth-order valence-corrected chi connectivity index (χ4v) is 11.2. The summed E-state index contributed by atoms with van der Waals surface area (Å²) in [5.74, 6) is 0. The summed E-state index contributed by atoms with van der Waals surface area (Å²) in [5, 5.41) is 0.